The van der Waals surface area contributed by atoms with E-state index >= 15 is 0 Å². The molecule has 2 aromatic rings. The summed E-state index contributed by atoms with van der Waals surface area (Å²) in [6, 6.07) is 8.61. The van der Waals surface area contributed by atoms with E-state index in [1.54, 1.807) is 0 Å². The van der Waals surface area contributed by atoms with Gasteiger partial charge in [0.2, 0.25) is 0 Å². The second kappa shape index (κ2) is 5.17. The number of nitrogens with zero attached hydrogens (tertiary/aromatic N) is 2. The Morgan fingerprint density at radius 3 is 2.61 bits per heavy atom. The third-order valence-electron chi connectivity index (χ3n) is 3.08. The van der Waals surface area contributed by atoms with Gasteiger partial charge in [-0.05, 0) is 36.2 Å². The van der Waals surface area contributed by atoms with Crippen LogP contribution in [0.3, 0.4) is 0 Å². The van der Waals surface area contributed by atoms with Crippen molar-refractivity contribution in [3.8, 4) is 0 Å². The highest BCUT2D eigenvalue weighted by Crippen LogP contribution is 2.22. The van der Waals surface area contributed by atoms with Gasteiger partial charge in [0.05, 0.1) is 0 Å². The van der Waals surface area contributed by atoms with E-state index in [0.29, 0.717) is 0 Å². The second-order valence-corrected chi connectivity index (χ2v) is 4.93. The molecule has 1 heterocycles. The minimum absolute atomic E-state index is 0.858. The summed E-state index contributed by atoms with van der Waals surface area (Å²) in [5.74, 6) is 0. The van der Waals surface area contributed by atoms with Crippen molar-refractivity contribution >= 4 is 11.4 Å². The molecule has 0 aliphatic carbocycles. The number of anilines is 2. The monoisotopic (exact) mass is 243 g/mol. The van der Waals surface area contributed by atoms with Gasteiger partial charge in [-0.15, -0.1) is 0 Å². The number of benzene rings is 1. The fraction of sp³-hybridized carbons (Fsp3) is 0.333. The van der Waals surface area contributed by atoms with Crippen LogP contribution in [0.2, 0.25) is 0 Å². The van der Waals surface area contributed by atoms with E-state index in [-0.39, 0.29) is 0 Å². The molecule has 3 nitrogen and oxygen atoms in total. The third kappa shape index (κ3) is 2.86. The molecular formula is C15H21N3. The average Bonchev–Trinajstić information content (AvgIpc) is 2.74. The highest BCUT2D eigenvalue weighted by Gasteiger charge is 2.02. The van der Waals surface area contributed by atoms with Gasteiger partial charge in [0.15, 0.2) is 0 Å². The molecule has 0 saturated carbocycles. The van der Waals surface area contributed by atoms with Crippen LogP contribution >= 0.6 is 0 Å². The van der Waals surface area contributed by atoms with E-state index in [9.17, 15) is 0 Å². The Morgan fingerprint density at radius 2 is 2.00 bits per heavy atom. The van der Waals surface area contributed by atoms with Crippen LogP contribution in [0, 0.1) is 6.92 Å². The van der Waals surface area contributed by atoms with Crippen LogP contribution in [-0.2, 0) is 13.6 Å². The molecule has 96 valence electrons. The molecule has 0 saturated heterocycles. The van der Waals surface area contributed by atoms with Crippen LogP contribution < -0.4 is 10.2 Å². The Morgan fingerprint density at radius 1 is 1.22 bits per heavy atom. The van der Waals surface area contributed by atoms with Crippen molar-refractivity contribution in [2.24, 2.45) is 7.05 Å². The van der Waals surface area contributed by atoms with Crippen LogP contribution in [0.15, 0.2) is 36.7 Å². The lowest BCUT2D eigenvalue weighted by molar-refractivity contribution is 0.920. The first kappa shape index (κ1) is 12.6. The molecule has 0 radical (unpaired) electrons. The molecule has 0 fully saturated rings. The number of aromatic nitrogens is 1. The van der Waals surface area contributed by atoms with Crippen molar-refractivity contribution in [2.45, 2.75) is 13.5 Å². The first-order chi connectivity index (χ1) is 8.56. The van der Waals surface area contributed by atoms with Crippen LogP contribution in [0.25, 0.3) is 0 Å². The predicted molar refractivity (Wildman–Crippen MR) is 78.2 cm³/mol. The van der Waals surface area contributed by atoms with Crippen LogP contribution in [-0.4, -0.2) is 18.7 Å². The zero-order chi connectivity index (χ0) is 13.1. The summed E-state index contributed by atoms with van der Waals surface area (Å²) < 4.78 is 2.07. The summed E-state index contributed by atoms with van der Waals surface area (Å²) in [7, 11) is 6.19. The van der Waals surface area contributed by atoms with Gasteiger partial charge in [-0.3, -0.25) is 0 Å². The quantitative estimate of drug-likeness (QED) is 0.890. The first-order valence-electron chi connectivity index (χ1n) is 6.19. The topological polar surface area (TPSA) is 20.2 Å². The molecule has 2 rings (SSSR count). The molecule has 18 heavy (non-hydrogen) atoms. The first-order valence-corrected chi connectivity index (χ1v) is 6.19. The fourth-order valence-corrected chi connectivity index (χ4v) is 2.07. The van der Waals surface area contributed by atoms with E-state index in [2.05, 4.69) is 72.5 Å². The molecule has 3 heteroatoms. The van der Waals surface area contributed by atoms with Crippen LogP contribution in [0.1, 0.15) is 11.1 Å². The Kier molecular flexibility index (Phi) is 3.60. The molecule has 1 N–H and O–H groups in total. The molecule has 1 aromatic heterocycles. The number of nitrogens with one attached hydrogen (secondary N) is 1. The third-order valence-corrected chi connectivity index (χ3v) is 3.08. The standard InChI is InChI=1S/C15H21N3/c1-12-5-6-14(9-15(12)17(2)3)16-10-13-7-8-18(4)11-13/h5-9,11,16H,10H2,1-4H3. The fourth-order valence-electron chi connectivity index (χ4n) is 2.07. The predicted octanol–water partition coefficient (Wildman–Crippen LogP) is 3.01. The van der Waals surface area contributed by atoms with Crippen molar-refractivity contribution in [3.63, 3.8) is 0 Å². The summed E-state index contributed by atoms with van der Waals surface area (Å²) in [4.78, 5) is 2.14. The lowest BCUT2D eigenvalue weighted by atomic mass is 10.1. The number of hydrogen-bond donors (Lipinski definition) is 1. The molecule has 1 aromatic carbocycles. The number of rotatable bonds is 4. The Hall–Kier alpha value is -1.90. The average molecular weight is 243 g/mol. The maximum absolute atomic E-state index is 3.46. The minimum Gasteiger partial charge on any atom is -0.381 e. The smallest absolute Gasteiger partial charge is 0.0415 e. The summed E-state index contributed by atoms with van der Waals surface area (Å²) >= 11 is 0. The lowest BCUT2D eigenvalue weighted by Gasteiger charge is -2.17. The molecule has 0 bridgehead atoms. The Balaban J connectivity index is 2.08. The summed E-state index contributed by atoms with van der Waals surface area (Å²) in [5.41, 5.74) is 5.01. The zero-order valence-corrected chi connectivity index (χ0v) is 11.6. The number of hydrogen-bond acceptors (Lipinski definition) is 2. The highest BCUT2D eigenvalue weighted by molar-refractivity contribution is 5.61. The maximum atomic E-state index is 3.46. The maximum Gasteiger partial charge on any atom is 0.0415 e. The van der Waals surface area contributed by atoms with E-state index in [4.69, 9.17) is 0 Å². The van der Waals surface area contributed by atoms with Crippen LogP contribution in [0.5, 0.6) is 0 Å². The van der Waals surface area contributed by atoms with Gasteiger partial charge in [0.1, 0.15) is 0 Å². The highest BCUT2D eigenvalue weighted by atomic mass is 15.1. The van der Waals surface area contributed by atoms with Gasteiger partial charge in [-0.2, -0.15) is 0 Å². The van der Waals surface area contributed by atoms with Crippen molar-refractivity contribution in [1.29, 1.82) is 0 Å². The second-order valence-electron chi connectivity index (χ2n) is 4.93. The van der Waals surface area contributed by atoms with E-state index in [1.165, 1.54) is 16.8 Å². The molecule has 0 aliphatic heterocycles. The van der Waals surface area contributed by atoms with Gasteiger partial charge >= 0.3 is 0 Å². The SMILES string of the molecule is Cc1ccc(NCc2ccn(C)c2)cc1N(C)C. The molecular weight excluding hydrogens is 222 g/mol. The molecule has 0 spiro atoms. The summed E-state index contributed by atoms with van der Waals surface area (Å²) in [5, 5.41) is 3.46. The Bertz CT molecular complexity index is 526. The zero-order valence-electron chi connectivity index (χ0n) is 11.6. The summed E-state index contributed by atoms with van der Waals surface area (Å²) in [6.07, 6.45) is 4.20. The van der Waals surface area contributed by atoms with E-state index in [1.807, 2.05) is 7.05 Å². The minimum atomic E-state index is 0.858. The van der Waals surface area contributed by atoms with Gasteiger partial charge in [-0.1, -0.05) is 6.07 Å². The summed E-state index contributed by atoms with van der Waals surface area (Å²) in [6.45, 7) is 2.99. The normalized spacial score (nSPS) is 10.4. The van der Waals surface area contributed by atoms with Gasteiger partial charge < -0.3 is 14.8 Å². The molecule has 0 unspecified atom stereocenters. The lowest BCUT2D eigenvalue weighted by Crippen LogP contribution is -2.10. The van der Waals surface area contributed by atoms with Gasteiger partial charge in [0.25, 0.3) is 0 Å². The van der Waals surface area contributed by atoms with Crippen LogP contribution in [0.4, 0.5) is 11.4 Å². The van der Waals surface area contributed by atoms with Crippen molar-refractivity contribution in [1.82, 2.24) is 4.57 Å². The van der Waals surface area contributed by atoms with Gasteiger partial charge in [-0.25, -0.2) is 0 Å². The van der Waals surface area contributed by atoms with Crippen molar-refractivity contribution in [3.05, 3.63) is 47.8 Å². The van der Waals surface area contributed by atoms with Crippen molar-refractivity contribution < 1.29 is 0 Å². The molecule has 0 amide bonds. The van der Waals surface area contributed by atoms with E-state index in [0.717, 1.165) is 12.2 Å². The largest absolute Gasteiger partial charge is 0.381 e. The van der Waals surface area contributed by atoms with Gasteiger partial charge in [0, 0.05) is 51.5 Å². The van der Waals surface area contributed by atoms with Crippen molar-refractivity contribution in [2.75, 3.05) is 24.3 Å². The van der Waals surface area contributed by atoms with E-state index < -0.39 is 0 Å². The molecule has 0 aliphatic rings. The molecule has 0 atom stereocenters. The Labute approximate surface area is 109 Å². The number of aryl methyl sites for hydroxylation is 2.